The number of carbonyl (C=O) groups excluding carboxylic acids is 1. The molecule has 1 atom stereocenters. The fraction of sp³-hybridized carbons (Fsp3) is 0.316. The molecule has 6 nitrogen and oxygen atoms in total. The Hall–Kier alpha value is -2.54. The van der Waals surface area contributed by atoms with E-state index in [2.05, 4.69) is 5.32 Å². The monoisotopic (exact) mass is 374 g/mol. The minimum atomic E-state index is -3.51. The van der Waals surface area contributed by atoms with Crippen LogP contribution >= 0.6 is 0 Å². The summed E-state index contributed by atoms with van der Waals surface area (Å²) < 4.78 is 32.0. The quantitative estimate of drug-likeness (QED) is 0.873. The highest BCUT2D eigenvalue weighted by Crippen LogP contribution is 2.35. The fourth-order valence-electron chi connectivity index (χ4n) is 2.92. The maximum Gasteiger partial charge on any atom is 0.267 e. The molecule has 0 unspecified atom stereocenters. The number of para-hydroxylation sites is 3. The van der Waals surface area contributed by atoms with Crippen molar-refractivity contribution in [1.82, 2.24) is 0 Å². The molecule has 0 saturated carbocycles. The molecule has 7 heteroatoms. The Bertz CT molecular complexity index is 911. The summed E-state index contributed by atoms with van der Waals surface area (Å²) in [6.07, 6.45) is -0.141. The van der Waals surface area contributed by atoms with Gasteiger partial charge in [0, 0.05) is 5.69 Å². The molecular weight excluding hydrogens is 352 g/mol. The molecule has 1 aliphatic heterocycles. The largest absolute Gasteiger partial charge is 0.476 e. The van der Waals surface area contributed by atoms with Crippen molar-refractivity contribution in [2.24, 2.45) is 0 Å². The van der Waals surface area contributed by atoms with Crippen LogP contribution in [0.4, 0.5) is 11.4 Å². The standard InChI is InChI=1S/C19H22N2O4S/c1-3-14-9-5-6-10-15(14)20-19(22)18-13-21(26(23,24)4-2)16-11-7-8-12-17(16)25-18/h5-12,18H,3-4,13H2,1-2H3,(H,20,22)/t18-/m1/s1. The summed E-state index contributed by atoms with van der Waals surface area (Å²) in [7, 11) is -3.51. The minimum absolute atomic E-state index is 0.0473. The molecule has 0 aromatic heterocycles. The molecule has 0 spiro atoms. The number of fused-ring (bicyclic) bond motifs is 1. The molecule has 3 rings (SSSR count). The number of hydrogen-bond acceptors (Lipinski definition) is 4. The predicted molar refractivity (Wildman–Crippen MR) is 102 cm³/mol. The van der Waals surface area contributed by atoms with Crippen molar-refractivity contribution < 1.29 is 17.9 Å². The van der Waals surface area contributed by atoms with Crippen LogP contribution in [0.5, 0.6) is 5.75 Å². The topological polar surface area (TPSA) is 75.7 Å². The number of anilines is 2. The lowest BCUT2D eigenvalue weighted by atomic mass is 10.1. The van der Waals surface area contributed by atoms with E-state index in [1.165, 1.54) is 4.31 Å². The molecule has 0 aliphatic carbocycles. The van der Waals surface area contributed by atoms with Crippen LogP contribution in [0.2, 0.25) is 0 Å². The van der Waals surface area contributed by atoms with E-state index in [-0.39, 0.29) is 18.2 Å². The van der Waals surface area contributed by atoms with Crippen molar-refractivity contribution in [2.45, 2.75) is 26.4 Å². The van der Waals surface area contributed by atoms with E-state index in [9.17, 15) is 13.2 Å². The first-order chi connectivity index (χ1) is 12.5. The summed E-state index contributed by atoms with van der Waals surface area (Å²) in [5.41, 5.74) is 2.19. The first-order valence-corrected chi connectivity index (χ1v) is 10.2. The van der Waals surface area contributed by atoms with Crippen molar-refractivity contribution in [3.05, 3.63) is 54.1 Å². The number of benzene rings is 2. The second-order valence-electron chi connectivity index (χ2n) is 6.01. The van der Waals surface area contributed by atoms with E-state index < -0.39 is 16.1 Å². The van der Waals surface area contributed by atoms with Crippen LogP contribution in [-0.4, -0.2) is 32.7 Å². The van der Waals surface area contributed by atoms with Gasteiger partial charge in [0.25, 0.3) is 5.91 Å². The normalized spacial score (nSPS) is 16.5. The van der Waals surface area contributed by atoms with Gasteiger partial charge in [-0.3, -0.25) is 9.10 Å². The number of aryl methyl sites for hydroxylation is 1. The van der Waals surface area contributed by atoms with Crippen LogP contribution in [0, 0.1) is 0 Å². The number of nitrogens with one attached hydrogen (secondary N) is 1. The third-order valence-corrected chi connectivity index (χ3v) is 6.13. The summed E-state index contributed by atoms with van der Waals surface area (Å²) in [5.74, 6) is -0.0228. The molecule has 2 aromatic carbocycles. The van der Waals surface area contributed by atoms with Crippen LogP contribution in [0.1, 0.15) is 19.4 Å². The van der Waals surface area contributed by atoms with Crippen LogP contribution in [0.25, 0.3) is 0 Å². The van der Waals surface area contributed by atoms with Crippen LogP contribution in [-0.2, 0) is 21.2 Å². The Kier molecular flexibility index (Phi) is 5.18. The van der Waals surface area contributed by atoms with Crippen molar-refractivity contribution >= 4 is 27.3 Å². The molecule has 0 saturated heterocycles. The van der Waals surface area contributed by atoms with E-state index in [1.54, 1.807) is 31.2 Å². The Labute approximate surface area is 153 Å². The Morgan fingerprint density at radius 3 is 2.58 bits per heavy atom. The van der Waals surface area contributed by atoms with Crippen LogP contribution < -0.4 is 14.4 Å². The zero-order valence-electron chi connectivity index (χ0n) is 14.8. The number of ether oxygens (including phenoxy) is 1. The van der Waals surface area contributed by atoms with Crippen molar-refractivity contribution in [1.29, 1.82) is 0 Å². The van der Waals surface area contributed by atoms with E-state index in [0.29, 0.717) is 17.1 Å². The number of rotatable bonds is 5. The molecule has 0 radical (unpaired) electrons. The zero-order chi connectivity index (χ0) is 18.7. The number of nitrogens with zero attached hydrogens (tertiary/aromatic N) is 1. The predicted octanol–water partition coefficient (Wildman–Crippen LogP) is 2.80. The Morgan fingerprint density at radius 1 is 1.15 bits per heavy atom. The van der Waals surface area contributed by atoms with E-state index in [4.69, 9.17) is 4.74 Å². The molecule has 1 N–H and O–H groups in total. The van der Waals surface area contributed by atoms with Crippen molar-refractivity contribution in [3.63, 3.8) is 0 Å². The Morgan fingerprint density at radius 2 is 1.85 bits per heavy atom. The van der Waals surface area contributed by atoms with Gasteiger partial charge in [-0.15, -0.1) is 0 Å². The van der Waals surface area contributed by atoms with E-state index in [1.807, 2.05) is 31.2 Å². The lowest BCUT2D eigenvalue weighted by Crippen LogP contribution is -2.49. The first-order valence-electron chi connectivity index (χ1n) is 8.61. The van der Waals surface area contributed by atoms with Gasteiger partial charge in [-0.2, -0.15) is 0 Å². The highest BCUT2D eigenvalue weighted by molar-refractivity contribution is 7.92. The number of sulfonamides is 1. The molecular formula is C19H22N2O4S. The molecule has 0 fully saturated rings. The maximum atomic E-state index is 12.7. The lowest BCUT2D eigenvalue weighted by Gasteiger charge is -2.34. The zero-order valence-corrected chi connectivity index (χ0v) is 15.6. The second kappa shape index (κ2) is 7.37. The van der Waals surface area contributed by atoms with Crippen molar-refractivity contribution in [3.8, 4) is 5.75 Å². The summed E-state index contributed by atoms with van der Waals surface area (Å²) in [6, 6.07) is 14.4. The van der Waals surface area contributed by atoms with Gasteiger partial charge in [0.15, 0.2) is 6.10 Å². The van der Waals surface area contributed by atoms with Gasteiger partial charge in [0.2, 0.25) is 10.0 Å². The highest BCUT2D eigenvalue weighted by atomic mass is 32.2. The van der Waals surface area contributed by atoms with Gasteiger partial charge in [0.05, 0.1) is 18.0 Å². The van der Waals surface area contributed by atoms with Crippen molar-refractivity contribution in [2.75, 3.05) is 21.9 Å². The highest BCUT2D eigenvalue weighted by Gasteiger charge is 2.36. The summed E-state index contributed by atoms with van der Waals surface area (Å²) in [5, 5.41) is 2.87. The molecule has 1 aliphatic rings. The SMILES string of the molecule is CCc1ccccc1NC(=O)[C@H]1CN(S(=O)(=O)CC)c2ccccc2O1. The fourth-order valence-corrected chi connectivity index (χ4v) is 4.05. The second-order valence-corrected chi connectivity index (χ2v) is 8.19. The maximum absolute atomic E-state index is 12.7. The van der Waals surface area contributed by atoms with E-state index in [0.717, 1.165) is 12.0 Å². The Balaban J connectivity index is 1.89. The summed E-state index contributed by atoms with van der Waals surface area (Å²) in [6.45, 7) is 3.54. The molecule has 0 bridgehead atoms. The van der Waals surface area contributed by atoms with Crippen LogP contribution in [0.15, 0.2) is 48.5 Å². The smallest absolute Gasteiger partial charge is 0.267 e. The van der Waals surface area contributed by atoms with Gasteiger partial charge in [-0.1, -0.05) is 37.3 Å². The van der Waals surface area contributed by atoms with Gasteiger partial charge in [0.1, 0.15) is 5.75 Å². The molecule has 2 aromatic rings. The molecule has 26 heavy (non-hydrogen) atoms. The average molecular weight is 374 g/mol. The summed E-state index contributed by atoms with van der Waals surface area (Å²) >= 11 is 0. The number of hydrogen-bond donors (Lipinski definition) is 1. The first kappa shape index (κ1) is 18.3. The average Bonchev–Trinajstić information content (AvgIpc) is 2.67. The lowest BCUT2D eigenvalue weighted by molar-refractivity contribution is -0.122. The minimum Gasteiger partial charge on any atom is -0.476 e. The third kappa shape index (κ3) is 3.53. The van der Waals surface area contributed by atoms with Crippen LogP contribution in [0.3, 0.4) is 0 Å². The number of amides is 1. The molecule has 1 amide bonds. The van der Waals surface area contributed by atoms with Gasteiger partial charge < -0.3 is 10.1 Å². The molecule has 138 valence electrons. The summed E-state index contributed by atoms with van der Waals surface area (Å²) in [4.78, 5) is 12.7. The van der Waals surface area contributed by atoms with Gasteiger partial charge in [-0.25, -0.2) is 8.42 Å². The third-order valence-electron chi connectivity index (χ3n) is 4.38. The molecule has 1 heterocycles. The number of carbonyl (C=O) groups is 1. The van der Waals surface area contributed by atoms with Gasteiger partial charge >= 0.3 is 0 Å². The van der Waals surface area contributed by atoms with E-state index >= 15 is 0 Å². The van der Waals surface area contributed by atoms with Gasteiger partial charge in [-0.05, 0) is 37.1 Å².